The number of Topliss-reactive ketones (excluding diaryl/α,β-unsaturated/α-hetero) is 1. The number of fused-ring (bicyclic) bond motifs is 1. The highest BCUT2D eigenvalue weighted by Crippen LogP contribution is 2.41. The SMILES string of the molecule is O=C(O)/C=C\C(=O)O.O=C1C=C2CN(C(C(=O)C3CC3)c3ccccc3F)CCC2S1. The van der Waals surface area contributed by atoms with Crippen LogP contribution in [0.1, 0.15) is 30.9 Å². The van der Waals surface area contributed by atoms with Crippen LogP contribution in [0.2, 0.25) is 0 Å². The highest BCUT2D eigenvalue weighted by atomic mass is 32.2. The summed E-state index contributed by atoms with van der Waals surface area (Å²) in [5, 5.41) is 16.0. The summed E-state index contributed by atoms with van der Waals surface area (Å²) in [4.78, 5) is 45.6. The average Bonchev–Trinajstić information content (AvgIpc) is 3.50. The fourth-order valence-electron chi connectivity index (χ4n) is 3.66. The second-order valence-corrected chi connectivity index (χ2v) is 8.72. The molecule has 4 rings (SSSR count). The van der Waals surface area contributed by atoms with Crippen molar-refractivity contribution in [2.45, 2.75) is 30.6 Å². The zero-order valence-electron chi connectivity index (χ0n) is 16.6. The van der Waals surface area contributed by atoms with Gasteiger partial charge >= 0.3 is 11.9 Å². The van der Waals surface area contributed by atoms with Gasteiger partial charge in [0, 0.05) is 42.0 Å². The quantitative estimate of drug-likeness (QED) is 0.641. The number of hydrogen-bond donors (Lipinski definition) is 2. The Bertz CT molecular complexity index is 939. The molecule has 2 atom stereocenters. The summed E-state index contributed by atoms with van der Waals surface area (Å²) >= 11 is 1.37. The van der Waals surface area contributed by atoms with Gasteiger partial charge in [-0.2, -0.15) is 0 Å². The number of carboxylic acids is 2. The van der Waals surface area contributed by atoms with Crippen molar-refractivity contribution in [1.29, 1.82) is 0 Å². The number of carboxylic acid groups (broad SMARTS) is 2. The molecule has 2 N–H and O–H groups in total. The minimum Gasteiger partial charge on any atom is -0.478 e. The molecule has 0 aromatic heterocycles. The molecule has 9 heteroatoms. The van der Waals surface area contributed by atoms with E-state index < -0.39 is 18.0 Å². The Balaban J connectivity index is 0.000000293. The van der Waals surface area contributed by atoms with Crippen LogP contribution in [-0.2, 0) is 19.2 Å². The lowest BCUT2D eigenvalue weighted by Crippen LogP contribution is -2.42. The van der Waals surface area contributed by atoms with E-state index in [-0.39, 0.29) is 27.9 Å². The van der Waals surface area contributed by atoms with E-state index in [4.69, 9.17) is 10.2 Å². The first-order valence-electron chi connectivity index (χ1n) is 9.83. The molecule has 0 bridgehead atoms. The van der Waals surface area contributed by atoms with Gasteiger partial charge in [0.1, 0.15) is 5.82 Å². The van der Waals surface area contributed by atoms with E-state index in [0.29, 0.717) is 24.3 Å². The number of benzene rings is 1. The lowest BCUT2D eigenvalue weighted by atomic mass is 9.94. The Morgan fingerprint density at radius 1 is 1.10 bits per heavy atom. The normalized spacial score (nSPS) is 21.6. The molecule has 1 aliphatic carbocycles. The Kier molecular flexibility index (Phi) is 7.40. The largest absolute Gasteiger partial charge is 0.478 e. The smallest absolute Gasteiger partial charge is 0.328 e. The van der Waals surface area contributed by atoms with E-state index in [2.05, 4.69) is 4.90 Å². The second kappa shape index (κ2) is 10.0. The summed E-state index contributed by atoms with van der Waals surface area (Å²) in [5.74, 6) is -2.63. The van der Waals surface area contributed by atoms with Crippen LogP contribution < -0.4 is 0 Å². The third-order valence-corrected chi connectivity index (χ3v) is 6.40. The highest BCUT2D eigenvalue weighted by Gasteiger charge is 2.42. The second-order valence-electron chi connectivity index (χ2n) is 7.51. The first kappa shape index (κ1) is 22.9. The van der Waals surface area contributed by atoms with Crippen LogP contribution in [-0.4, -0.2) is 56.3 Å². The van der Waals surface area contributed by atoms with Gasteiger partial charge in [0.25, 0.3) is 0 Å². The van der Waals surface area contributed by atoms with Gasteiger partial charge in [0.05, 0.1) is 6.04 Å². The number of halogens is 1. The molecule has 2 unspecified atom stereocenters. The number of hydrogen-bond acceptors (Lipinski definition) is 6. The number of likely N-dealkylation sites (tertiary alicyclic amines) is 1. The minimum atomic E-state index is -1.26. The fourth-order valence-corrected chi connectivity index (χ4v) is 4.68. The molecule has 0 spiro atoms. The molecule has 2 aliphatic heterocycles. The molecular formula is C22H22FNO6S. The maximum absolute atomic E-state index is 14.3. The van der Waals surface area contributed by atoms with Gasteiger partial charge in [-0.1, -0.05) is 30.0 Å². The Hall–Kier alpha value is -2.78. The summed E-state index contributed by atoms with van der Waals surface area (Å²) in [5.41, 5.74) is 1.55. The molecule has 2 fully saturated rings. The third kappa shape index (κ3) is 6.11. The molecule has 31 heavy (non-hydrogen) atoms. The first-order chi connectivity index (χ1) is 14.8. The molecule has 1 saturated carbocycles. The van der Waals surface area contributed by atoms with Gasteiger partial charge in [-0.25, -0.2) is 14.0 Å². The van der Waals surface area contributed by atoms with Crippen molar-refractivity contribution in [2.75, 3.05) is 13.1 Å². The van der Waals surface area contributed by atoms with Crippen LogP contribution in [0, 0.1) is 11.7 Å². The molecule has 3 aliphatic rings. The van der Waals surface area contributed by atoms with Crippen LogP contribution in [0.25, 0.3) is 0 Å². The number of carbonyl (C=O) groups excluding carboxylic acids is 2. The van der Waals surface area contributed by atoms with Crippen molar-refractivity contribution in [3.05, 3.63) is 59.4 Å². The van der Waals surface area contributed by atoms with Crippen molar-refractivity contribution in [3.8, 4) is 0 Å². The number of nitrogens with zero attached hydrogens (tertiary/aromatic N) is 1. The number of ketones is 1. The van der Waals surface area contributed by atoms with Gasteiger partial charge in [-0.3, -0.25) is 14.5 Å². The lowest BCUT2D eigenvalue weighted by molar-refractivity contribution is -0.134. The number of piperidine rings is 1. The van der Waals surface area contributed by atoms with Crippen LogP contribution in [0.5, 0.6) is 0 Å². The molecule has 1 aromatic carbocycles. The van der Waals surface area contributed by atoms with Crippen LogP contribution >= 0.6 is 11.8 Å². The Morgan fingerprint density at radius 3 is 2.32 bits per heavy atom. The van der Waals surface area contributed by atoms with Crippen LogP contribution in [0.3, 0.4) is 0 Å². The lowest BCUT2D eigenvalue weighted by Gasteiger charge is -2.37. The summed E-state index contributed by atoms with van der Waals surface area (Å²) in [7, 11) is 0. The molecular weight excluding hydrogens is 425 g/mol. The van der Waals surface area contributed by atoms with Gasteiger partial charge < -0.3 is 10.2 Å². The van der Waals surface area contributed by atoms with Crippen molar-refractivity contribution in [1.82, 2.24) is 4.90 Å². The summed E-state index contributed by atoms with van der Waals surface area (Å²) in [6, 6.07) is 6.05. The molecule has 164 valence electrons. The Labute approximate surface area is 182 Å². The predicted molar refractivity (Wildman–Crippen MR) is 112 cm³/mol. The predicted octanol–water partition coefficient (Wildman–Crippen LogP) is 2.83. The fraction of sp³-hybridized carbons (Fsp3) is 0.364. The van der Waals surface area contributed by atoms with Gasteiger partial charge in [-0.15, -0.1) is 0 Å². The topological polar surface area (TPSA) is 112 Å². The number of rotatable bonds is 6. The number of carbonyl (C=O) groups is 4. The minimum absolute atomic E-state index is 0.0749. The third-order valence-electron chi connectivity index (χ3n) is 5.22. The van der Waals surface area contributed by atoms with E-state index in [9.17, 15) is 23.6 Å². The zero-order valence-corrected chi connectivity index (χ0v) is 17.4. The summed E-state index contributed by atoms with van der Waals surface area (Å²) in [6.45, 7) is 1.31. The zero-order chi connectivity index (χ0) is 22.5. The number of thioether (sulfide) groups is 1. The van der Waals surface area contributed by atoms with Crippen molar-refractivity contribution in [3.63, 3.8) is 0 Å². The van der Waals surface area contributed by atoms with Gasteiger partial charge in [0.2, 0.25) is 5.12 Å². The van der Waals surface area contributed by atoms with E-state index in [0.717, 1.165) is 31.4 Å². The molecule has 2 heterocycles. The maximum Gasteiger partial charge on any atom is 0.328 e. The van der Waals surface area contributed by atoms with Crippen LogP contribution in [0.4, 0.5) is 4.39 Å². The van der Waals surface area contributed by atoms with E-state index >= 15 is 0 Å². The summed E-state index contributed by atoms with van der Waals surface area (Å²) in [6.07, 6.45) is 5.48. The molecule has 7 nitrogen and oxygen atoms in total. The van der Waals surface area contributed by atoms with E-state index in [1.165, 1.54) is 17.8 Å². The Morgan fingerprint density at radius 2 is 1.74 bits per heavy atom. The maximum atomic E-state index is 14.3. The van der Waals surface area contributed by atoms with E-state index in [1.807, 2.05) is 0 Å². The molecule has 0 amide bonds. The highest BCUT2D eigenvalue weighted by molar-refractivity contribution is 8.15. The monoisotopic (exact) mass is 447 g/mol. The van der Waals surface area contributed by atoms with E-state index in [1.54, 1.807) is 24.3 Å². The number of aliphatic carboxylic acids is 2. The summed E-state index contributed by atoms with van der Waals surface area (Å²) < 4.78 is 14.3. The van der Waals surface area contributed by atoms with Gasteiger partial charge in [-0.05, 0) is 37.0 Å². The van der Waals surface area contributed by atoms with Crippen molar-refractivity contribution < 1.29 is 33.8 Å². The average molecular weight is 447 g/mol. The molecule has 1 aromatic rings. The van der Waals surface area contributed by atoms with Crippen molar-refractivity contribution >= 4 is 34.6 Å². The molecule has 0 radical (unpaired) electrons. The van der Waals surface area contributed by atoms with Crippen LogP contribution in [0.15, 0.2) is 48.1 Å². The van der Waals surface area contributed by atoms with Crippen molar-refractivity contribution in [2.24, 2.45) is 5.92 Å². The van der Waals surface area contributed by atoms with Gasteiger partial charge in [0.15, 0.2) is 5.78 Å². The first-order valence-corrected chi connectivity index (χ1v) is 10.7. The molecule has 1 saturated heterocycles. The standard InChI is InChI=1S/C18H18FNO2S.C4H4O4/c19-14-4-2-1-3-13(14)17(18(22)11-5-6-11)20-8-7-15-12(10-20)9-16(21)23-15;5-3(6)1-2-4(7)8/h1-4,9,11,15,17H,5-8,10H2;1-2H,(H,5,6)(H,7,8)/b;2-1-.